The van der Waals surface area contributed by atoms with Gasteiger partial charge in [-0.05, 0) is 19.4 Å². The first kappa shape index (κ1) is 18.7. The first-order chi connectivity index (χ1) is 13.2. The van der Waals surface area contributed by atoms with Crippen molar-refractivity contribution in [3.05, 3.63) is 71.4 Å². The van der Waals surface area contributed by atoms with Crippen LogP contribution in [-0.2, 0) is 11.3 Å². The number of carbonyl (C=O) groups is 1. The first-order valence-electron chi connectivity index (χ1n) is 9.09. The molecule has 1 heterocycles. The fourth-order valence-electron chi connectivity index (χ4n) is 2.53. The normalized spacial score (nSPS) is 10.6. The van der Waals surface area contributed by atoms with Crippen LogP contribution in [0.4, 0.5) is 0 Å². The number of hydrogen-bond acceptors (Lipinski definition) is 5. The number of esters is 1. The molecule has 0 radical (unpaired) electrons. The van der Waals surface area contributed by atoms with Gasteiger partial charge in [-0.1, -0.05) is 66.5 Å². The third kappa shape index (κ3) is 4.97. The number of carbonyl (C=O) groups excluding carboxylic acids is 1. The van der Waals surface area contributed by atoms with Crippen LogP contribution in [0.2, 0.25) is 0 Å². The minimum absolute atomic E-state index is 0.119. The van der Waals surface area contributed by atoms with Crippen LogP contribution in [0.3, 0.4) is 0 Å². The molecule has 3 rings (SSSR count). The maximum absolute atomic E-state index is 12.3. The van der Waals surface area contributed by atoms with Crippen LogP contribution in [-0.4, -0.2) is 17.7 Å². The van der Waals surface area contributed by atoms with E-state index in [0.717, 1.165) is 35.3 Å². The Labute approximate surface area is 158 Å². The fourth-order valence-corrected chi connectivity index (χ4v) is 2.53. The average molecular weight is 365 g/mol. The summed E-state index contributed by atoms with van der Waals surface area (Å²) in [5.41, 5.74) is 2.98. The van der Waals surface area contributed by atoms with E-state index < -0.39 is 5.97 Å². The summed E-state index contributed by atoms with van der Waals surface area (Å²) in [5.74, 6) is 0.741. The monoisotopic (exact) mass is 365 g/mol. The van der Waals surface area contributed by atoms with Crippen molar-refractivity contribution in [1.29, 1.82) is 0 Å². The smallest absolute Gasteiger partial charge is 0.360 e. The van der Waals surface area contributed by atoms with Crippen LogP contribution in [0.1, 0.15) is 41.4 Å². The number of nitrogens with zero attached hydrogens (tertiary/aromatic N) is 1. The van der Waals surface area contributed by atoms with Gasteiger partial charge in [0.05, 0.1) is 6.61 Å². The number of aryl methyl sites for hydroxylation is 1. The fraction of sp³-hybridized carbons (Fsp3) is 0.273. The standard InChI is InChI=1S/C22H23NO4/c1-3-4-13-25-20-8-6-5-7-18(20)15-26-22(24)19-14-21(27-23-19)17-11-9-16(2)10-12-17/h5-12,14H,3-4,13,15H2,1-2H3. The summed E-state index contributed by atoms with van der Waals surface area (Å²) in [6.45, 7) is 4.88. The molecule has 0 aliphatic rings. The van der Waals surface area contributed by atoms with Crippen LogP contribution < -0.4 is 4.74 Å². The number of unbranched alkanes of at least 4 members (excludes halogenated alkanes) is 1. The van der Waals surface area contributed by atoms with Crippen molar-refractivity contribution in [2.45, 2.75) is 33.3 Å². The zero-order valence-corrected chi connectivity index (χ0v) is 15.6. The molecule has 0 aliphatic carbocycles. The highest BCUT2D eigenvalue weighted by atomic mass is 16.5. The van der Waals surface area contributed by atoms with Crippen molar-refractivity contribution in [1.82, 2.24) is 5.16 Å². The molecule has 0 saturated heterocycles. The molecule has 3 aromatic rings. The third-order valence-electron chi connectivity index (χ3n) is 4.14. The Morgan fingerprint density at radius 2 is 1.89 bits per heavy atom. The van der Waals surface area contributed by atoms with E-state index in [4.69, 9.17) is 14.0 Å². The molecule has 0 saturated carbocycles. The first-order valence-corrected chi connectivity index (χ1v) is 9.09. The van der Waals surface area contributed by atoms with Gasteiger partial charge in [-0.25, -0.2) is 4.79 Å². The molecule has 1 aromatic heterocycles. The summed E-state index contributed by atoms with van der Waals surface area (Å²) in [6, 6.07) is 17.0. The van der Waals surface area contributed by atoms with Gasteiger partial charge in [0, 0.05) is 17.2 Å². The summed E-state index contributed by atoms with van der Waals surface area (Å²) in [4.78, 5) is 12.3. The van der Waals surface area contributed by atoms with E-state index in [9.17, 15) is 4.79 Å². The second-order valence-corrected chi connectivity index (χ2v) is 6.33. The van der Waals surface area contributed by atoms with Crippen molar-refractivity contribution in [2.24, 2.45) is 0 Å². The molecule has 0 fully saturated rings. The molecule has 5 nitrogen and oxygen atoms in total. The molecule has 0 atom stereocenters. The van der Waals surface area contributed by atoms with Gasteiger partial charge >= 0.3 is 5.97 Å². The molecule has 2 aromatic carbocycles. The molecule has 0 spiro atoms. The maximum Gasteiger partial charge on any atom is 0.360 e. The largest absolute Gasteiger partial charge is 0.493 e. The van der Waals surface area contributed by atoms with Crippen molar-refractivity contribution in [3.63, 3.8) is 0 Å². The van der Waals surface area contributed by atoms with Gasteiger partial charge in [0.25, 0.3) is 0 Å². The van der Waals surface area contributed by atoms with Gasteiger partial charge in [0.15, 0.2) is 11.5 Å². The molecule has 27 heavy (non-hydrogen) atoms. The summed E-state index contributed by atoms with van der Waals surface area (Å²) < 4.78 is 16.4. The van der Waals surface area contributed by atoms with Crippen molar-refractivity contribution < 1.29 is 18.8 Å². The molecular formula is C22H23NO4. The molecule has 0 amide bonds. The second-order valence-electron chi connectivity index (χ2n) is 6.33. The summed E-state index contributed by atoms with van der Waals surface area (Å²) >= 11 is 0. The molecule has 140 valence electrons. The lowest BCUT2D eigenvalue weighted by Crippen LogP contribution is -2.07. The molecule has 5 heteroatoms. The highest BCUT2D eigenvalue weighted by Gasteiger charge is 2.16. The van der Waals surface area contributed by atoms with E-state index in [1.807, 2.05) is 55.5 Å². The summed E-state index contributed by atoms with van der Waals surface area (Å²) in [6.07, 6.45) is 2.04. The number of para-hydroxylation sites is 1. The zero-order valence-electron chi connectivity index (χ0n) is 15.6. The quantitative estimate of drug-likeness (QED) is 0.406. The third-order valence-corrected chi connectivity index (χ3v) is 4.14. The number of benzene rings is 2. The van der Waals surface area contributed by atoms with Crippen LogP contribution in [0, 0.1) is 6.92 Å². The van der Waals surface area contributed by atoms with E-state index >= 15 is 0 Å². The molecule has 0 aliphatic heterocycles. The van der Waals surface area contributed by atoms with E-state index in [1.165, 1.54) is 0 Å². The van der Waals surface area contributed by atoms with Gasteiger partial charge < -0.3 is 14.0 Å². The van der Waals surface area contributed by atoms with Gasteiger partial charge in [-0.3, -0.25) is 0 Å². The Balaban J connectivity index is 1.62. The van der Waals surface area contributed by atoms with Gasteiger partial charge in [0.2, 0.25) is 0 Å². The summed E-state index contributed by atoms with van der Waals surface area (Å²) in [7, 11) is 0. The Kier molecular flexibility index (Phi) is 6.26. The van der Waals surface area contributed by atoms with Crippen molar-refractivity contribution in [3.8, 4) is 17.1 Å². The molecular weight excluding hydrogens is 342 g/mol. The minimum Gasteiger partial charge on any atom is -0.493 e. The van der Waals surface area contributed by atoms with Gasteiger partial charge in [0.1, 0.15) is 12.4 Å². The molecule has 0 unspecified atom stereocenters. The SMILES string of the molecule is CCCCOc1ccccc1COC(=O)c1cc(-c2ccc(C)cc2)on1. The van der Waals surface area contributed by atoms with Crippen molar-refractivity contribution in [2.75, 3.05) is 6.61 Å². The van der Waals surface area contributed by atoms with E-state index in [0.29, 0.717) is 12.4 Å². The lowest BCUT2D eigenvalue weighted by Gasteiger charge is -2.11. The topological polar surface area (TPSA) is 61.6 Å². The number of rotatable bonds is 8. The van der Waals surface area contributed by atoms with Crippen LogP contribution in [0.15, 0.2) is 59.1 Å². The zero-order chi connectivity index (χ0) is 19.1. The highest BCUT2D eigenvalue weighted by Crippen LogP contribution is 2.22. The number of aromatic nitrogens is 1. The Hall–Kier alpha value is -3.08. The van der Waals surface area contributed by atoms with E-state index in [-0.39, 0.29) is 12.3 Å². The van der Waals surface area contributed by atoms with Crippen molar-refractivity contribution >= 4 is 5.97 Å². The average Bonchev–Trinajstić information content (AvgIpc) is 3.18. The molecule has 0 N–H and O–H groups in total. The highest BCUT2D eigenvalue weighted by molar-refractivity contribution is 5.88. The Morgan fingerprint density at radius 1 is 1.11 bits per heavy atom. The maximum atomic E-state index is 12.3. The Morgan fingerprint density at radius 3 is 2.67 bits per heavy atom. The number of hydrogen-bond donors (Lipinski definition) is 0. The minimum atomic E-state index is -0.527. The van der Waals surface area contributed by atoms with Crippen LogP contribution in [0.25, 0.3) is 11.3 Å². The van der Waals surface area contributed by atoms with E-state index in [2.05, 4.69) is 12.1 Å². The Bertz CT molecular complexity index is 883. The lowest BCUT2D eigenvalue weighted by atomic mass is 10.1. The number of ether oxygens (including phenoxy) is 2. The summed E-state index contributed by atoms with van der Waals surface area (Å²) in [5, 5.41) is 3.83. The van der Waals surface area contributed by atoms with Crippen LogP contribution >= 0.6 is 0 Å². The van der Waals surface area contributed by atoms with Gasteiger partial charge in [-0.15, -0.1) is 0 Å². The lowest BCUT2D eigenvalue weighted by molar-refractivity contribution is 0.0457. The van der Waals surface area contributed by atoms with Gasteiger partial charge in [-0.2, -0.15) is 0 Å². The second kappa shape index (κ2) is 9.03. The van der Waals surface area contributed by atoms with E-state index in [1.54, 1.807) is 6.07 Å². The predicted octanol–water partition coefficient (Wildman–Crippen LogP) is 5.19. The molecule has 0 bridgehead atoms. The predicted molar refractivity (Wildman–Crippen MR) is 103 cm³/mol. The van der Waals surface area contributed by atoms with Crippen LogP contribution in [0.5, 0.6) is 5.75 Å².